The quantitative estimate of drug-likeness (QED) is 0.743. The Morgan fingerprint density at radius 3 is 2.48 bits per heavy atom. The first-order valence-corrected chi connectivity index (χ1v) is 9.59. The Morgan fingerprint density at radius 2 is 1.74 bits per heavy atom. The Kier molecular flexibility index (Phi) is 7.14. The van der Waals surface area contributed by atoms with Gasteiger partial charge in [-0.05, 0) is 39.0 Å². The van der Waals surface area contributed by atoms with Crippen molar-refractivity contribution < 1.29 is 14.2 Å². The average Bonchev–Trinajstić information content (AvgIpc) is 2.60. The molecule has 0 unspecified atom stereocenters. The van der Waals surface area contributed by atoms with E-state index in [9.17, 15) is 0 Å². The van der Waals surface area contributed by atoms with E-state index in [1.165, 1.54) is 58.3 Å². The topological polar surface area (TPSA) is 34.2 Å². The Balaban J connectivity index is 1.26. The van der Waals surface area contributed by atoms with E-state index >= 15 is 0 Å². The van der Waals surface area contributed by atoms with Crippen molar-refractivity contribution in [3.63, 3.8) is 0 Å². The van der Waals surface area contributed by atoms with Gasteiger partial charge in [0.2, 0.25) is 0 Å². The second kappa shape index (κ2) is 9.33. The molecular formula is C18H34N2O3. The number of ether oxygens (including phenoxy) is 3. The minimum Gasteiger partial charge on any atom is -0.376 e. The Hall–Kier alpha value is -0.200. The van der Waals surface area contributed by atoms with Gasteiger partial charge in [0, 0.05) is 45.9 Å². The zero-order chi connectivity index (χ0) is 15.9. The van der Waals surface area contributed by atoms with Crippen molar-refractivity contribution in [1.29, 1.82) is 0 Å². The van der Waals surface area contributed by atoms with Crippen molar-refractivity contribution in [1.82, 2.24) is 9.80 Å². The van der Waals surface area contributed by atoms with Gasteiger partial charge >= 0.3 is 0 Å². The third-order valence-corrected chi connectivity index (χ3v) is 5.38. The molecule has 0 aromatic carbocycles. The number of morpholine rings is 1. The number of likely N-dealkylation sites (tertiary alicyclic amines) is 1. The maximum Gasteiger partial charge on any atom is 0.0808 e. The van der Waals surface area contributed by atoms with Gasteiger partial charge in [0.15, 0.2) is 0 Å². The summed E-state index contributed by atoms with van der Waals surface area (Å²) in [6, 6.07) is 0. The molecular weight excluding hydrogens is 292 g/mol. The Bertz CT molecular complexity index is 328. The average molecular weight is 326 g/mol. The van der Waals surface area contributed by atoms with Gasteiger partial charge in [-0.15, -0.1) is 0 Å². The summed E-state index contributed by atoms with van der Waals surface area (Å²) in [6.07, 6.45) is 7.23. The first-order valence-electron chi connectivity index (χ1n) is 9.59. The molecule has 0 bridgehead atoms. The third-order valence-electron chi connectivity index (χ3n) is 5.38. The van der Waals surface area contributed by atoms with E-state index in [4.69, 9.17) is 14.2 Å². The van der Waals surface area contributed by atoms with Gasteiger partial charge < -0.3 is 19.1 Å². The molecule has 0 aliphatic carbocycles. The fourth-order valence-electron chi connectivity index (χ4n) is 3.86. The lowest BCUT2D eigenvalue weighted by molar-refractivity contribution is -0.0757. The van der Waals surface area contributed by atoms with E-state index in [2.05, 4.69) is 16.7 Å². The highest BCUT2D eigenvalue weighted by atomic mass is 16.5. The molecule has 2 atom stereocenters. The monoisotopic (exact) mass is 326 g/mol. The molecule has 0 aromatic rings. The molecule has 5 nitrogen and oxygen atoms in total. The predicted octanol–water partition coefficient (Wildman–Crippen LogP) is 1.76. The van der Waals surface area contributed by atoms with Crippen LogP contribution in [-0.4, -0.2) is 87.2 Å². The lowest BCUT2D eigenvalue weighted by Gasteiger charge is -2.36. The normalized spacial score (nSPS) is 32.2. The summed E-state index contributed by atoms with van der Waals surface area (Å²) in [5.74, 6) is 0. The van der Waals surface area contributed by atoms with Gasteiger partial charge in [-0.25, -0.2) is 0 Å². The Labute approximate surface area is 141 Å². The van der Waals surface area contributed by atoms with Crippen LogP contribution in [0.1, 0.15) is 39.0 Å². The first-order chi connectivity index (χ1) is 11.3. The predicted molar refractivity (Wildman–Crippen MR) is 90.9 cm³/mol. The van der Waals surface area contributed by atoms with Crippen LogP contribution in [-0.2, 0) is 14.2 Å². The fraction of sp³-hybridized carbons (Fsp3) is 1.00. The van der Waals surface area contributed by atoms with Crippen molar-refractivity contribution >= 4 is 0 Å². The maximum atomic E-state index is 6.10. The summed E-state index contributed by atoms with van der Waals surface area (Å²) >= 11 is 0. The highest BCUT2D eigenvalue weighted by Gasteiger charge is 2.23. The molecule has 3 saturated heterocycles. The van der Waals surface area contributed by atoms with Crippen molar-refractivity contribution in [2.24, 2.45) is 0 Å². The van der Waals surface area contributed by atoms with E-state index in [1.54, 1.807) is 0 Å². The van der Waals surface area contributed by atoms with E-state index in [1.807, 2.05) is 0 Å². The van der Waals surface area contributed by atoms with Gasteiger partial charge in [-0.1, -0.05) is 0 Å². The smallest absolute Gasteiger partial charge is 0.0808 e. The van der Waals surface area contributed by atoms with Crippen LogP contribution in [0, 0.1) is 0 Å². The van der Waals surface area contributed by atoms with E-state index < -0.39 is 0 Å². The molecule has 0 spiro atoms. The number of nitrogens with zero attached hydrogens (tertiary/aromatic N) is 2. The minimum atomic E-state index is 0.352. The van der Waals surface area contributed by atoms with Crippen LogP contribution >= 0.6 is 0 Å². The summed E-state index contributed by atoms with van der Waals surface area (Å²) in [5, 5.41) is 0. The molecule has 0 N–H and O–H groups in total. The van der Waals surface area contributed by atoms with Crippen molar-refractivity contribution in [2.45, 2.75) is 57.3 Å². The summed E-state index contributed by atoms with van der Waals surface area (Å²) in [5.41, 5.74) is 0. The van der Waals surface area contributed by atoms with E-state index in [-0.39, 0.29) is 0 Å². The molecule has 0 amide bonds. The highest BCUT2D eigenvalue weighted by molar-refractivity contribution is 4.76. The van der Waals surface area contributed by atoms with Gasteiger partial charge in [0.25, 0.3) is 0 Å². The Morgan fingerprint density at radius 1 is 0.913 bits per heavy atom. The van der Waals surface area contributed by atoms with Crippen LogP contribution in [0.3, 0.4) is 0 Å². The SMILES string of the molecule is C[C@H]1CN(CCN2CCC(OC[C@@H]3CCCCO3)CC2)CCO1. The zero-order valence-electron chi connectivity index (χ0n) is 14.8. The number of rotatable bonds is 6. The largest absolute Gasteiger partial charge is 0.376 e. The van der Waals surface area contributed by atoms with Gasteiger partial charge in [0.1, 0.15) is 0 Å². The number of hydrogen-bond acceptors (Lipinski definition) is 5. The highest BCUT2D eigenvalue weighted by Crippen LogP contribution is 2.18. The summed E-state index contributed by atoms with van der Waals surface area (Å²) < 4.78 is 17.5. The molecule has 3 aliphatic heterocycles. The standard InChI is InChI=1S/C18H34N2O3/c1-16-14-20(11-13-21-16)10-9-19-7-5-17(6-8-19)23-15-18-4-2-3-12-22-18/h16-18H,2-15H2,1H3/t16-,18-/m0/s1. The minimum absolute atomic E-state index is 0.352. The summed E-state index contributed by atoms with van der Waals surface area (Å²) in [4.78, 5) is 5.13. The van der Waals surface area contributed by atoms with Crippen molar-refractivity contribution in [3.8, 4) is 0 Å². The third kappa shape index (κ3) is 5.98. The van der Waals surface area contributed by atoms with Crippen molar-refractivity contribution in [3.05, 3.63) is 0 Å². The molecule has 3 fully saturated rings. The maximum absolute atomic E-state index is 6.10. The van der Waals surface area contributed by atoms with Gasteiger partial charge in [-0.3, -0.25) is 4.90 Å². The molecule has 23 heavy (non-hydrogen) atoms. The van der Waals surface area contributed by atoms with E-state index in [0.29, 0.717) is 18.3 Å². The first kappa shape index (κ1) is 17.6. The van der Waals surface area contributed by atoms with Gasteiger partial charge in [0.05, 0.1) is 31.5 Å². The fourth-order valence-corrected chi connectivity index (χ4v) is 3.86. The summed E-state index contributed by atoms with van der Waals surface area (Å²) in [7, 11) is 0. The van der Waals surface area contributed by atoms with Crippen LogP contribution in [0.15, 0.2) is 0 Å². The van der Waals surface area contributed by atoms with Crippen LogP contribution in [0.2, 0.25) is 0 Å². The van der Waals surface area contributed by atoms with Crippen molar-refractivity contribution in [2.75, 3.05) is 59.1 Å². The number of hydrogen-bond donors (Lipinski definition) is 0. The molecule has 0 aromatic heterocycles. The molecule has 0 radical (unpaired) electrons. The second-order valence-corrected chi connectivity index (χ2v) is 7.34. The molecule has 0 saturated carbocycles. The molecule has 3 heterocycles. The van der Waals surface area contributed by atoms with Crippen LogP contribution < -0.4 is 0 Å². The lowest BCUT2D eigenvalue weighted by Crippen LogP contribution is -2.46. The summed E-state index contributed by atoms with van der Waals surface area (Å²) in [6.45, 7) is 11.7. The second-order valence-electron chi connectivity index (χ2n) is 7.34. The van der Waals surface area contributed by atoms with E-state index in [0.717, 1.165) is 32.9 Å². The zero-order valence-corrected chi connectivity index (χ0v) is 14.8. The van der Waals surface area contributed by atoms with Crippen LogP contribution in [0.4, 0.5) is 0 Å². The lowest BCUT2D eigenvalue weighted by atomic mass is 10.1. The molecule has 3 aliphatic rings. The van der Waals surface area contributed by atoms with Crippen LogP contribution in [0.25, 0.3) is 0 Å². The molecule has 5 heteroatoms. The molecule has 134 valence electrons. The van der Waals surface area contributed by atoms with Crippen LogP contribution in [0.5, 0.6) is 0 Å². The number of piperidine rings is 1. The molecule has 3 rings (SSSR count). The van der Waals surface area contributed by atoms with Gasteiger partial charge in [-0.2, -0.15) is 0 Å².